The van der Waals surface area contributed by atoms with E-state index in [1.807, 2.05) is 48.7 Å². The second kappa shape index (κ2) is 9.71. The van der Waals surface area contributed by atoms with Crippen molar-refractivity contribution in [3.8, 4) is 28.7 Å². The Labute approximate surface area is 208 Å². The summed E-state index contributed by atoms with van der Waals surface area (Å²) in [7, 11) is 0. The first-order chi connectivity index (χ1) is 17.7. The molecule has 3 aromatic heterocycles. The van der Waals surface area contributed by atoms with E-state index < -0.39 is 0 Å². The zero-order valence-corrected chi connectivity index (χ0v) is 19.7. The molecule has 4 aromatic rings. The van der Waals surface area contributed by atoms with Gasteiger partial charge in [0.05, 0.1) is 54.1 Å². The van der Waals surface area contributed by atoms with Crippen molar-refractivity contribution in [2.45, 2.75) is 25.4 Å². The highest BCUT2D eigenvalue weighted by Crippen LogP contribution is 2.26. The van der Waals surface area contributed by atoms with Crippen molar-refractivity contribution in [2.75, 3.05) is 36.5 Å². The summed E-state index contributed by atoms with van der Waals surface area (Å²) in [6, 6.07) is 17.7. The number of pyridine rings is 1. The normalized spacial score (nSPS) is 17.0. The first kappa shape index (κ1) is 22.1. The lowest BCUT2D eigenvalue weighted by Gasteiger charge is -2.32. The number of nitrogens with zero attached hydrogens (tertiary/aromatic N) is 8. The van der Waals surface area contributed by atoms with Gasteiger partial charge in [0.15, 0.2) is 0 Å². The van der Waals surface area contributed by atoms with Crippen LogP contribution in [0.3, 0.4) is 0 Å². The minimum atomic E-state index is 0.152. The maximum atomic E-state index is 9.34. The van der Waals surface area contributed by atoms with Gasteiger partial charge in [0.25, 0.3) is 0 Å². The molecule has 5 heterocycles. The molecule has 0 aliphatic carbocycles. The Morgan fingerprint density at radius 3 is 2.72 bits per heavy atom. The number of benzene rings is 1. The molecule has 10 heteroatoms. The van der Waals surface area contributed by atoms with Crippen molar-refractivity contribution in [2.24, 2.45) is 0 Å². The summed E-state index contributed by atoms with van der Waals surface area (Å²) in [5.41, 5.74) is 4.33. The third kappa shape index (κ3) is 4.74. The van der Waals surface area contributed by atoms with Gasteiger partial charge >= 0.3 is 0 Å². The van der Waals surface area contributed by atoms with Gasteiger partial charge in [0.1, 0.15) is 11.5 Å². The Balaban J connectivity index is 1.30. The number of anilines is 2. The number of hydrogen-bond acceptors (Lipinski definition) is 9. The van der Waals surface area contributed by atoms with E-state index in [4.69, 9.17) is 19.7 Å². The van der Waals surface area contributed by atoms with Crippen molar-refractivity contribution in [3.05, 3.63) is 66.0 Å². The molecular weight excluding hydrogens is 454 g/mol. The summed E-state index contributed by atoms with van der Waals surface area (Å²) < 4.78 is 7.27. The maximum Gasteiger partial charge on any atom is 0.224 e. The van der Waals surface area contributed by atoms with Gasteiger partial charge in [0.2, 0.25) is 5.95 Å². The van der Waals surface area contributed by atoms with Gasteiger partial charge in [-0.3, -0.25) is 0 Å². The van der Waals surface area contributed by atoms with Crippen LogP contribution in [0.1, 0.15) is 24.1 Å². The molecule has 2 fully saturated rings. The molecule has 1 atom stereocenters. The third-order valence-corrected chi connectivity index (χ3v) is 6.37. The molecule has 2 saturated heterocycles. The standard InChI is InChI=1S/C26H25N9O/c27-14-18-4-1-5-19(12-18)22-13-23(31-26(30-22)29-21-8-11-36-17-21)24-16-35(33-32-24)15-20-6-2-7-25(28-20)34-9-3-10-34/h1-2,4-7,12-13,16,21H,3,8-11,15,17H2,(H,29,30,31)/t21-/m1/s1. The molecule has 0 saturated carbocycles. The average Bonchev–Trinajstić information content (AvgIpc) is 3.56. The number of ether oxygens (including phenoxy) is 1. The molecule has 0 amide bonds. The van der Waals surface area contributed by atoms with Crippen LogP contribution >= 0.6 is 0 Å². The van der Waals surface area contributed by atoms with E-state index in [0.29, 0.717) is 41.7 Å². The van der Waals surface area contributed by atoms with Crippen LogP contribution in [0.2, 0.25) is 0 Å². The van der Waals surface area contributed by atoms with Crippen LogP contribution in [0.25, 0.3) is 22.6 Å². The van der Waals surface area contributed by atoms with Crippen LogP contribution in [0.5, 0.6) is 0 Å². The predicted molar refractivity (Wildman–Crippen MR) is 134 cm³/mol. The van der Waals surface area contributed by atoms with Crippen molar-refractivity contribution >= 4 is 11.8 Å². The van der Waals surface area contributed by atoms with Crippen LogP contribution in [-0.4, -0.2) is 62.3 Å². The highest BCUT2D eigenvalue weighted by Gasteiger charge is 2.19. The fourth-order valence-corrected chi connectivity index (χ4v) is 4.31. The minimum absolute atomic E-state index is 0.152. The topological polar surface area (TPSA) is 118 Å². The number of nitriles is 1. The van der Waals surface area contributed by atoms with Gasteiger partial charge in [0, 0.05) is 25.3 Å². The van der Waals surface area contributed by atoms with Crippen LogP contribution in [0.4, 0.5) is 11.8 Å². The summed E-state index contributed by atoms with van der Waals surface area (Å²) in [6.45, 7) is 3.96. The lowest BCUT2D eigenvalue weighted by atomic mass is 10.1. The highest BCUT2D eigenvalue weighted by atomic mass is 16.5. The molecule has 0 radical (unpaired) electrons. The van der Waals surface area contributed by atoms with E-state index in [-0.39, 0.29) is 6.04 Å². The molecule has 6 rings (SSSR count). The Kier molecular flexibility index (Phi) is 5.97. The summed E-state index contributed by atoms with van der Waals surface area (Å²) in [5, 5.41) is 21.4. The Bertz CT molecular complexity index is 1420. The molecule has 1 aromatic carbocycles. The first-order valence-electron chi connectivity index (χ1n) is 12.1. The fraction of sp³-hybridized carbons (Fsp3) is 0.308. The zero-order chi connectivity index (χ0) is 24.3. The van der Waals surface area contributed by atoms with E-state index >= 15 is 0 Å². The van der Waals surface area contributed by atoms with Crippen molar-refractivity contribution in [1.82, 2.24) is 29.9 Å². The van der Waals surface area contributed by atoms with Gasteiger partial charge in [-0.2, -0.15) is 5.26 Å². The first-order valence-corrected chi connectivity index (χ1v) is 12.1. The van der Waals surface area contributed by atoms with Crippen molar-refractivity contribution < 1.29 is 4.74 Å². The summed E-state index contributed by atoms with van der Waals surface area (Å²) in [6.07, 6.45) is 3.98. The van der Waals surface area contributed by atoms with Crippen LogP contribution in [0.15, 0.2) is 54.7 Å². The largest absolute Gasteiger partial charge is 0.379 e. The molecule has 10 nitrogen and oxygen atoms in total. The molecule has 2 aliphatic heterocycles. The molecule has 180 valence electrons. The third-order valence-electron chi connectivity index (χ3n) is 6.37. The molecular formula is C26H25N9O. The highest BCUT2D eigenvalue weighted by molar-refractivity contribution is 5.68. The van der Waals surface area contributed by atoms with Crippen molar-refractivity contribution in [3.63, 3.8) is 0 Å². The Hall–Kier alpha value is -4.36. The average molecular weight is 480 g/mol. The number of rotatable bonds is 7. The molecule has 1 N–H and O–H groups in total. The molecule has 2 aliphatic rings. The number of aromatic nitrogens is 6. The van der Waals surface area contributed by atoms with Gasteiger partial charge in [-0.15, -0.1) is 5.10 Å². The van der Waals surface area contributed by atoms with Crippen LogP contribution in [-0.2, 0) is 11.3 Å². The summed E-state index contributed by atoms with van der Waals surface area (Å²) >= 11 is 0. The second-order valence-corrected chi connectivity index (χ2v) is 8.99. The molecule has 0 unspecified atom stereocenters. The minimum Gasteiger partial charge on any atom is -0.379 e. The smallest absolute Gasteiger partial charge is 0.224 e. The van der Waals surface area contributed by atoms with Crippen molar-refractivity contribution in [1.29, 1.82) is 5.26 Å². The Morgan fingerprint density at radius 2 is 1.92 bits per heavy atom. The van der Waals surface area contributed by atoms with Crippen LogP contribution in [0, 0.1) is 11.3 Å². The quantitative estimate of drug-likeness (QED) is 0.426. The van der Waals surface area contributed by atoms with E-state index in [2.05, 4.69) is 26.6 Å². The number of hydrogen-bond donors (Lipinski definition) is 1. The maximum absolute atomic E-state index is 9.34. The van der Waals surface area contributed by atoms with Gasteiger partial charge < -0.3 is 15.0 Å². The van der Waals surface area contributed by atoms with Gasteiger partial charge in [-0.05, 0) is 43.2 Å². The monoisotopic (exact) mass is 479 g/mol. The van der Waals surface area contributed by atoms with Gasteiger partial charge in [-0.1, -0.05) is 23.4 Å². The molecule has 0 bridgehead atoms. The van der Waals surface area contributed by atoms with E-state index in [0.717, 1.165) is 43.2 Å². The van der Waals surface area contributed by atoms with E-state index in [1.54, 1.807) is 10.7 Å². The lowest BCUT2D eigenvalue weighted by molar-refractivity contribution is 0.195. The fourth-order valence-electron chi connectivity index (χ4n) is 4.31. The lowest BCUT2D eigenvalue weighted by Crippen LogP contribution is -2.37. The molecule has 36 heavy (non-hydrogen) atoms. The van der Waals surface area contributed by atoms with Gasteiger partial charge in [-0.25, -0.2) is 19.6 Å². The summed E-state index contributed by atoms with van der Waals surface area (Å²) in [5.74, 6) is 1.50. The number of nitrogens with one attached hydrogen (secondary N) is 1. The molecule has 0 spiro atoms. The zero-order valence-electron chi connectivity index (χ0n) is 19.7. The van der Waals surface area contributed by atoms with E-state index in [1.165, 1.54) is 6.42 Å². The van der Waals surface area contributed by atoms with E-state index in [9.17, 15) is 5.26 Å². The summed E-state index contributed by atoms with van der Waals surface area (Å²) in [4.78, 5) is 16.5. The second-order valence-electron chi connectivity index (χ2n) is 8.99. The SMILES string of the molecule is N#Cc1cccc(-c2cc(-c3cn(Cc4cccc(N5CCC5)n4)nn3)nc(N[C@@H]3CCOC3)n2)c1. The van der Waals surface area contributed by atoms with Crippen LogP contribution < -0.4 is 10.2 Å². The Morgan fingerprint density at radius 1 is 1.03 bits per heavy atom. The predicted octanol–water partition coefficient (Wildman–Crippen LogP) is 3.13.